The number of pyridine rings is 1. The fourth-order valence-corrected chi connectivity index (χ4v) is 6.02. The maximum Gasteiger partial charge on any atom is 0.411 e. The smallest absolute Gasteiger partial charge is 0.411 e. The minimum Gasteiger partial charge on any atom is -0.444 e. The predicted octanol–water partition coefficient (Wildman–Crippen LogP) is 6.04. The number of anilines is 1. The summed E-state index contributed by atoms with van der Waals surface area (Å²) < 4.78 is 5.88. The van der Waals surface area contributed by atoms with E-state index in [-0.39, 0.29) is 17.0 Å². The molecule has 184 valence electrons. The number of rotatable bonds is 5. The van der Waals surface area contributed by atoms with Gasteiger partial charge in [0.1, 0.15) is 11.2 Å². The molecule has 3 fully saturated rings. The zero-order valence-electron chi connectivity index (χ0n) is 20.9. The van der Waals surface area contributed by atoms with Crippen LogP contribution < -0.4 is 5.73 Å². The van der Waals surface area contributed by atoms with Crippen LogP contribution in [-0.2, 0) is 11.3 Å². The number of nitrogen functional groups attached to an aromatic ring is 1. The quantitative estimate of drug-likeness (QED) is 0.392. The van der Waals surface area contributed by atoms with Crippen molar-refractivity contribution in [2.45, 2.75) is 77.0 Å². The predicted molar refractivity (Wildman–Crippen MR) is 138 cm³/mol. The number of fused-ring (bicyclic) bond motifs is 4. The first kappa shape index (κ1) is 23.4. The van der Waals surface area contributed by atoms with Gasteiger partial charge in [-0.25, -0.2) is 9.78 Å². The highest BCUT2D eigenvalue weighted by atomic mass is 16.6. The molecule has 2 bridgehead atoms. The summed E-state index contributed by atoms with van der Waals surface area (Å²) in [5.74, 6) is 0. The number of aromatic amines is 1. The lowest BCUT2D eigenvalue weighted by molar-refractivity contribution is -0.0512. The second-order valence-electron chi connectivity index (χ2n) is 11.3. The Bertz CT molecular complexity index is 1230. The normalized spacial score (nSPS) is 23.9. The number of ether oxygens (including phenoxy) is 1. The van der Waals surface area contributed by atoms with E-state index in [2.05, 4.69) is 22.1 Å². The van der Waals surface area contributed by atoms with Gasteiger partial charge >= 0.3 is 6.09 Å². The van der Waals surface area contributed by atoms with E-state index < -0.39 is 5.60 Å². The summed E-state index contributed by atoms with van der Waals surface area (Å²) in [6.07, 6.45) is 8.36. The van der Waals surface area contributed by atoms with Gasteiger partial charge in [-0.05, 0) is 70.9 Å². The Kier molecular flexibility index (Phi) is 5.61. The van der Waals surface area contributed by atoms with Gasteiger partial charge in [0.05, 0.1) is 11.9 Å². The molecule has 0 aliphatic heterocycles. The maximum absolute atomic E-state index is 13.5. The highest BCUT2D eigenvalue weighted by molar-refractivity contribution is 6.14. The van der Waals surface area contributed by atoms with Crippen molar-refractivity contribution < 1.29 is 9.53 Å². The number of carbonyl (C=O) groups excluding carboxylic acids is 1. The second-order valence-corrected chi connectivity index (χ2v) is 11.3. The third-order valence-corrected chi connectivity index (χ3v) is 7.97. The second kappa shape index (κ2) is 8.40. The number of benzene rings is 1. The molecule has 3 saturated carbocycles. The summed E-state index contributed by atoms with van der Waals surface area (Å²) in [6.45, 7) is 6.27. The molecule has 3 aromatic rings. The minimum atomic E-state index is -0.557. The molecule has 0 unspecified atom stereocenters. The molecule has 1 aromatic carbocycles. The van der Waals surface area contributed by atoms with Gasteiger partial charge in [-0.15, -0.1) is 0 Å². The molecule has 6 rings (SSSR count). The number of H-pyrrole nitrogens is 1. The van der Waals surface area contributed by atoms with Gasteiger partial charge in [0.2, 0.25) is 0 Å². The summed E-state index contributed by atoms with van der Waals surface area (Å²) in [5.41, 5.74) is 9.14. The first-order chi connectivity index (χ1) is 16.6. The number of nitrogens with two attached hydrogens (primary N) is 1. The third kappa shape index (κ3) is 4.17. The molecule has 2 aromatic heterocycles. The van der Waals surface area contributed by atoms with E-state index in [0.29, 0.717) is 17.9 Å². The number of aromatic nitrogens is 2. The number of nitrogens with zero attached hydrogens (tertiary/aromatic N) is 2. The van der Waals surface area contributed by atoms with Crippen LogP contribution in [0, 0.1) is 10.8 Å². The van der Waals surface area contributed by atoms with Crippen molar-refractivity contribution in [1.29, 1.82) is 5.41 Å². The van der Waals surface area contributed by atoms with Crippen LogP contribution in [0.1, 0.15) is 70.4 Å². The third-order valence-electron chi connectivity index (χ3n) is 7.97. The number of carbonyl (C=O) groups is 1. The molecule has 0 spiro atoms. The van der Waals surface area contributed by atoms with Gasteiger partial charge in [0.15, 0.2) is 0 Å². The lowest BCUT2D eigenvalue weighted by atomic mass is 9.54. The van der Waals surface area contributed by atoms with Gasteiger partial charge in [-0.2, -0.15) is 0 Å². The summed E-state index contributed by atoms with van der Waals surface area (Å²) >= 11 is 0. The molecular weight excluding hydrogens is 438 g/mol. The Morgan fingerprint density at radius 3 is 2.40 bits per heavy atom. The Balaban J connectivity index is 1.43. The van der Waals surface area contributed by atoms with E-state index in [1.165, 1.54) is 0 Å². The van der Waals surface area contributed by atoms with Crippen molar-refractivity contribution in [3.05, 3.63) is 59.9 Å². The summed E-state index contributed by atoms with van der Waals surface area (Å²) in [7, 11) is 0. The van der Waals surface area contributed by atoms with E-state index in [1.807, 2.05) is 56.1 Å². The zero-order valence-corrected chi connectivity index (χ0v) is 20.9. The highest BCUT2D eigenvalue weighted by Gasteiger charge is 2.55. The molecule has 3 aliphatic rings. The molecule has 2 heterocycles. The van der Waals surface area contributed by atoms with Crippen LogP contribution in [-0.4, -0.2) is 37.8 Å². The van der Waals surface area contributed by atoms with Crippen molar-refractivity contribution >= 4 is 28.5 Å². The average molecular weight is 474 g/mol. The fourth-order valence-electron chi connectivity index (χ4n) is 6.02. The van der Waals surface area contributed by atoms with E-state index in [1.54, 1.807) is 6.20 Å². The lowest BCUT2D eigenvalue weighted by Crippen LogP contribution is -2.60. The number of amides is 1. The van der Waals surface area contributed by atoms with Crippen LogP contribution in [0.3, 0.4) is 0 Å². The molecule has 7 heteroatoms. The highest BCUT2D eigenvalue weighted by Crippen LogP contribution is 2.57. The van der Waals surface area contributed by atoms with Crippen LogP contribution in [0.15, 0.2) is 48.8 Å². The monoisotopic (exact) mass is 473 g/mol. The Hall–Kier alpha value is -3.35. The van der Waals surface area contributed by atoms with Gasteiger partial charge in [-0.1, -0.05) is 30.3 Å². The van der Waals surface area contributed by atoms with Gasteiger partial charge in [0, 0.05) is 40.4 Å². The number of nitrogens with one attached hydrogen (secondary N) is 2. The van der Waals surface area contributed by atoms with Crippen LogP contribution >= 0.6 is 0 Å². The van der Waals surface area contributed by atoms with Crippen molar-refractivity contribution in [3.8, 4) is 0 Å². The SMILES string of the molecule is CC(C)(C)OC(=O)N(Cc1ccccc1)C12CCC(C(=N)c3c(N)cnc4[nH]ccc34)(CC1)CC2. The van der Waals surface area contributed by atoms with Crippen molar-refractivity contribution in [2.24, 2.45) is 5.41 Å². The zero-order chi connectivity index (χ0) is 24.8. The molecular formula is C28H35N5O2. The van der Waals surface area contributed by atoms with Gasteiger partial charge in [-0.3, -0.25) is 4.90 Å². The molecule has 4 N–H and O–H groups in total. The van der Waals surface area contributed by atoms with Crippen LogP contribution in [0.5, 0.6) is 0 Å². The van der Waals surface area contributed by atoms with Crippen LogP contribution in [0.4, 0.5) is 10.5 Å². The summed E-state index contributed by atoms with van der Waals surface area (Å²) in [6, 6.07) is 12.1. The minimum absolute atomic E-state index is 0.228. The summed E-state index contributed by atoms with van der Waals surface area (Å²) in [4.78, 5) is 23.0. The average Bonchev–Trinajstić information content (AvgIpc) is 3.31. The molecule has 3 aliphatic carbocycles. The largest absolute Gasteiger partial charge is 0.444 e. The maximum atomic E-state index is 13.5. The molecule has 0 atom stereocenters. The van der Waals surface area contributed by atoms with E-state index in [9.17, 15) is 10.2 Å². The topological polar surface area (TPSA) is 108 Å². The lowest BCUT2D eigenvalue weighted by Gasteiger charge is -2.57. The number of hydrogen-bond acceptors (Lipinski definition) is 5. The van der Waals surface area contributed by atoms with Crippen LogP contribution in [0.2, 0.25) is 0 Å². The van der Waals surface area contributed by atoms with Crippen molar-refractivity contribution in [2.75, 3.05) is 5.73 Å². The van der Waals surface area contributed by atoms with E-state index in [4.69, 9.17) is 10.5 Å². The standard InChI is InChI=1S/C28H35N5O2/c1-26(2,3)35-25(34)33(18-19-7-5-4-6-8-19)28-13-10-27(11-14-28,12-15-28)23(30)22-20-9-16-31-24(20)32-17-21(22)29/h4-9,16-17,30H,10-15,18,29H2,1-3H3,(H,31,32). The molecule has 35 heavy (non-hydrogen) atoms. The van der Waals surface area contributed by atoms with Gasteiger partial charge < -0.3 is 20.9 Å². The Morgan fingerprint density at radius 2 is 1.77 bits per heavy atom. The Labute approximate surface area is 206 Å². The van der Waals surface area contributed by atoms with Gasteiger partial charge in [0.25, 0.3) is 0 Å². The molecule has 7 nitrogen and oxygen atoms in total. The van der Waals surface area contributed by atoms with E-state index in [0.717, 1.165) is 60.7 Å². The molecule has 0 radical (unpaired) electrons. The Morgan fingerprint density at radius 1 is 1.11 bits per heavy atom. The number of hydrogen-bond donors (Lipinski definition) is 3. The summed E-state index contributed by atoms with van der Waals surface area (Å²) in [5, 5.41) is 10.2. The van der Waals surface area contributed by atoms with Crippen LogP contribution in [0.25, 0.3) is 11.0 Å². The fraction of sp³-hybridized carbons (Fsp3) is 0.464. The molecule has 0 saturated heterocycles. The van der Waals surface area contributed by atoms with Crippen molar-refractivity contribution in [1.82, 2.24) is 14.9 Å². The first-order valence-electron chi connectivity index (χ1n) is 12.5. The van der Waals surface area contributed by atoms with Crippen molar-refractivity contribution in [3.63, 3.8) is 0 Å². The molecule has 1 amide bonds. The van der Waals surface area contributed by atoms with E-state index >= 15 is 0 Å². The first-order valence-corrected chi connectivity index (χ1v) is 12.5.